The minimum absolute atomic E-state index is 0.0635. The van der Waals surface area contributed by atoms with Crippen molar-refractivity contribution >= 4 is 23.0 Å². The summed E-state index contributed by atoms with van der Waals surface area (Å²) in [6, 6.07) is 3.57. The molecule has 1 rings (SSSR count). The summed E-state index contributed by atoms with van der Waals surface area (Å²) in [4.78, 5) is 10.8. The predicted molar refractivity (Wildman–Crippen MR) is 82.3 cm³/mol. The van der Waals surface area contributed by atoms with Gasteiger partial charge < -0.3 is 14.6 Å². The monoisotopic (exact) mass is 296 g/mol. The highest BCUT2D eigenvalue weighted by molar-refractivity contribution is 8.13. The van der Waals surface area contributed by atoms with E-state index < -0.39 is 0 Å². The molecule has 1 N–H and O–H groups in total. The quantitative estimate of drug-likeness (QED) is 0.784. The highest BCUT2D eigenvalue weighted by Gasteiger charge is 2.09. The van der Waals surface area contributed by atoms with E-state index >= 15 is 0 Å². The van der Waals surface area contributed by atoms with Crippen molar-refractivity contribution in [3.63, 3.8) is 0 Å². The van der Waals surface area contributed by atoms with Crippen molar-refractivity contribution in [1.29, 1.82) is 0 Å². The molecule has 5 heteroatoms. The lowest BCUT2D eigenvalue weighted by Crippen LogP contribution is -1.95. The topological polar surface area (TPSA) is 55.8 Å². The van der Waals surface area contributed by atoms with Crippen LogP contribution in [-0.2, 0) is 11.4 Å². The molecule has 1 aromatic rings. The first-order valence-corrected chi connectivity index (χ1v) is 7.26. The number of carbonyl (C=O) groups is 1. The number of aliphatic hydroxyl groups excluding tert-OH is 1. The number of rotatable bonds is 7. The molecule has 0 unspecified atom stereocenters. The van der Waals surface area contributed by atoms with E-state index in [-0.39, 0.29) is 11.7 Å². The van der Waals surface area contributed by atoms with Gasteiger partial charge in [-0.05, 0) is 24.1 Å². The number of benzene rings is 1. The lowest BCUT2D eigenvalue weighted by molar-refractivity contribution is -0.109. The number of ether oxygens (including phenoxy) is 2. The Hall–Kier alpha value is -1.46. The molecule has 4 nitrogen and oxygen atoms in total. The molecule has 0 aliphatic rings. The minimum atomic E-state index is -0.0635. The van der Waals surface area contributed by atoms with E-state index in [1.807, 2.05) is 12.2 Å². The zero-order chi connectivity index (χ0) is 15.0. The molecule has 0 amide bonds. The van der Waals surface area contributed by atoms with Gasteiger partial charge in [-0.2, -0.15) is 0 Å². The van der Waals surface area contributed by atoms with Gasteiger partial charge in [0.05, 0.1) is 26.4 Å². The average Bonchev–Trinajstić information content (AvgIpc) is 2.46. The van der Waals surface area contributed by atoms with Crippen molar-refractivity contribution in [2.24, 2.45) is 0 Å². The largest absolute Gasteiger partial charge is 0.496 e. The first-order chi connectivity index (χ1) is 9.62. The van der Waals surface area contributed by atoms with Crippen molar-refractivity contribution in [3.8, 4) is 11.5 Å². The summed E-state index contributed by atoms with van der Waals surface area (Å²) in [5, 5.41) is 9.33. The number of allylic oxidation sites excluding steroid dienone is 1. The molecule has 0 atom stereocenters. The summed E-state index contributed by atoms with van der Waals surface area (Å²) in [6.45, 7) is 1.50. The predicted octanol–water partition coefficient (Wildman–Crippen LogP) is 2.88. The Kier molecular flexibility index (Phi) is 7.18. The zero-order valence-corrected chi connectivity index (χ0v) is 12.8. The Morgan fingerprint density at radius 3 is 2.35 bits per heavy atom. The second kappa shape index (κ2) is 8.66. The van der Waals surface area contributed by atoms with Crippen molar-refractivity contribution in [3.05, 3.63) is 29.3 Å². The molecule has 0 saturated heterocycles. The number of hydrogen-bond donors (Lipinski definition) is 1. The lowest BCUT2D eigenvalue weighted by Gasteiger charge is -2.12. The SMILES string of the molecule is COc1cc(CO)cc(OC)c1C=CCCSC(C)=O. The van der Waals surface area contributed by atoms with Crippen LogP contribution in [0.4, 0.5) is 0 Å². The van der Waals surface area contributed by atoms with Gasteiger partial charge in [-0.3, -0.25) is 4.79 Å². The Morgan fingerprint density at radius 2 is 1.90 bits per heavy atom. The first kappa shape index (κ1) is 16.6. The maximum Gasteiger partial charge on any atom is 0.185 e. The first-order valence-electron chi connectivity index (χ1n) is 6.28. The molecule has 20 heavy (non-hydrogen) atoms. The lowest BCUT2D eigenvalue weighted by atomic mass is 10.1. The van der Waals surface area contributed by atoms with Gasteiger partial charge in [-0.1, -0.05) is 23.9 Å². The third-order valence-electron chi connectivity index (χ3n) is 2.66. The summed E-state index contributed by atoms with van der Waals surface area (Å²) >= 11 is 1.31. The molecule has 0 fully saturated rings. The fourth-order valence-corrected chi connectivity index (χ4v) is 2.26. The highest BCUT2D eigenvalue weighted by atomic mass is 32.2. The standard InChI is InChI=1S/C15H20O4S/c1-11(17)20-7-5-4-6-13-14(18-2)8-12(10-16)9-15(13)19-3/h4,6,8-9,16H,5,7,10H2,1-3H3. The molecule has 0 saturated carbocycles. The minimum Gasteiger partial charge on any atom is -0.496 e. The molecule has 0 bridgehead atoms. The van der Waals surface area contributed by atoms with Crippen LogP contribution in [0.3, 0.4) is 0 Å². The van der Waals surface area contributed by atoms with Crippen LogP contribution in [0.25, 0.3) is 6.08 Å². The summed E-state index contributed by atoms with van der Waals surface area (Å²) in [7, 11) is 3.16. The molecular weight excluding hydrogens is 276 g/mol. The normalized spacial score (nSPS) is 10.8. The van der Waals surface area contributed by atoms with Crippen molar-refractivity contribution in [2.75, 3.05) is 20.0 Å². The molecule has 0 spiro atoms. The number of hydrogen-bond acceptors (Lipinski definition) is 5. The molecule has 0 radical (unpaired) electrons. The molecule has 0 aliphatic heterocycles. The van der Waals surface area contributed by atoms with E-state index in [1.165, 1.54) is 11.8 Å². The molecule has 0 aliphatic carbocycles. The van der Waals surface area contributed by atoms with Crippen LogP contribution in [0.1, 0.15) is 24.5 Å². The van der Waals surface area contributed by atoms with Gasteiger partial charge in [0.1, 0.15) is 11.5 Å². The number of carbonyl (C=O) groups excluding carboxylic acids is 1. The Bertz CT molecular complexity index is 458. The van der Waals surface area contributed by atoms with Crippen molar-refractivity contribution in [1.82, 2.24) is 0 Å². The number of methoxy groups -OCH3 is 2. The Labute approximate surface area is 123 Å². The number of aliphatic hydroxyl groups is 1. The van der Waals surface area contributed by atoms with Gasteiger partial charge in [-0.15, -0.1) is 0 Å². The van der Waals surface area contributed by atoms with Crippen LogP contribution in [-0.4, -0.2) is 30.2 Å². The summed E-state index contributed by atoms with van der Waals surface area (Å²) in [5.41, 5.74) is 1.57. The van der Waals surface area contributed by atoms with Gasteiger partial charge in [0.25, 0.3) is 0 Å². The van der Waals surface area contributed by atoms with E-state index in [0.29, 0.717) is 11.5 Å². The van der Waals surface area contributed by atoms with Gasteiger partial charge >= 0.3 is 0 Å². The van der Waals surface area contributed by atoms with Crippen molar-refractivity contribution < 1.29 is 19.4 Å². The Balaban J connectivity index is 2.86. The van der Waals surface area contributed by atoms with E-state index in [1.54, 1.807) is 33.3 Å². The van der Waals surface area contributed by atoms with Crippen LogP contribution in [0.15, 0.2) is 18.2 Å². The third-order valence-corrected chi connectivity index (χ3v) is 3.51. The summed E-state index contributed by atoms with van der Waals surface area (Å²) in [6.07, 6.45) is 4.69. The number of thioether (sulfide) groups is 1. The van der Waals surface area contributed by atoms with E-state index in [2.05, 4.69) is 0 Å². The molecule has 0 aromatic heterocycles. The van der Waals surface area contributed by atoms with Gasteiger partial charge in [0.15, 0.2) is 5.12 Å². The van der Waals surface area contributed by atoms with E-state index in [4.69, 9.17) is 9.47 Å². The third kappa shape index (κ3) is 4.90. The smallest absolute Gasteiger partial charge is 0.185 e. The second-order valence-electron chi connectivity index (χ2n) is 4.10. The van der Waals surface area contributed by atoms with Gasteiger partial charge in [0, 0.05) is 12.7 Å². The fraction of sp³-hybridized carbons (Fsp3) is 0.400. The van der Waals surface area contributed by atoms with Crippen LogP contribution in [0.2, 0.25) is 0 Å². The van der Waals surface area contributed by atoms with Crippen molar-refractivity contribution in [2.45, 2.75) is 20.0 Å². The maximum atomic E-state index is 10.8. The summed E-state index contributed by atoms with van der Waals surface area (Å²) < 4.78 is 10.6. The van der Waals surface area contributed by atoms with Gasteiger partial charge in [0.2, 0.25) is 0 Å². The molecule has 110 valence electrons. The van der Waals surface area contributed by atoms with E-state index in [9.17, 15) is 9.90 Å². The average molecular weight is 296 g/mol. The van der Waals surface area contributed by atoms with E-state index in [0.717, 1.165) is 23.3 Å². The van der Waals surface area contributed by atoms with Crippen LogP contribution < -0.4 is 9.47 Å². The Morgan fingerprint density at radius 1 is 1.30 bits per heavy atom. The zero-order valence-electron chi connectivity index (χ0n) is 12.0. The molecular formula is C15H20O4S. The van der Waals surface area contributed by atoms with Crippen LogP contribution in [0, 0.1) is 0 Å². The summed E-state index contributed by atoms with van der Waals surface area (Å²) in [5.74, 6) is 2.07. The van der Waals surface area contributed by atoms with Crippen LogP contribution in [0.5, 0.6) is 11.5 Å². The highest BCUT2D eigenvalue weighted by Crippen LogP contribution is 2.32. The molecule has 1 aromatic carbocycles. The van der Waals surface area contributed by atoms with Crippen LogP contribution >= 0.6 is 11.8 Å². The van der Waals surface area contributed by atoms with Gasteiger partial charge in [-0.25, -0.2) is 0 Å². The maximum absolute atomic E-state index is 10.8. The second-order valence-corrected chi connectivity index (χ2v) is 5.38. The fourth-order valence-electron chi connectivity index (χ4n) is 1.72. The molecule has 0 heterocycles.